The molecule has 0 aliphatic carbocycles. The molecule has 24 heavy (non-hydrogen) atoms. The van der Waals surface area contributed by atoms with Gasteiger partial charge in [0.2, 0.25) is 5.91 Å². The van der Waals surface area contributed by atoms with Gasteiger partial charge in [0.05, 0.1) is 6.04 Å². The van der Waals surface area contributed by atoms with E-state index >= 15 is 0 Å². The van der Waals surface area contributed by atoms with Crippen LogP contribution in [0.1, 0.15) is 31.0 Å². The SMILES string of the molecule is CC(C(=O)O)C(=O)N(Cc1ccccc1O)C(C)c1ccccc1. The van der Waals surface area contributed by atoms with Crippen LogP contribution in [0, 0.1) is 5.92 Å². The molecule has 2 aromatic carbocycles. The average Bonchev–Trinajstić information content (AvgIpc) is 2.60. The zero-order chi connectivity index (χ0) is 17.7. The third kappa shape index (κ3) is 3.93. The van der Waals surface area contributed by atoms with Crippen LogP contribution in [0.4, 0.5) is 0 Å². The van der Waals surface area contributed by atoms with Gasteiger partial charge in [-0.05, 0) is 25.5 Å². The second-order valence-electron chi connectivity index (χ2n) is 5.74. The van der Waals surface area contributed by atoms with Gasteiger partial charge in [-0.1, -0.05) is 48.5 Å². The summed E-state index contributed by atoms with van der Waals surface area (Å²) in [5.41, 5.74) is 1.48. The molecule has 0 saturated carbocycles. The van der Waals surface area contributed by atoms with Crippen molar-refractivity contribution in [3.63, 3.8) is 0 Å². The van der Waals surface area contributed by atoms with Crippen molar-refractivity contribution in [2.45, 2.75) is 26.4 Å². The number of para-hydroxylation sites is 1. The minimum atomic E-state index is -1.16. The van der Waals surface area contributed by atoms with E-state index in [2.05, 4.69) is 0 Å². The highest BCUT2D eigenvalue weighted by Gasteiger charge is 2.30. The molecule has 0 bridgehead atoms. The summed E-state index contributed by atoms with van der Waals surface area (Å²) < 4.78 is 0. The summed E-state index contributed by atoms with van der Waals surface area (Å²) in [4.78, 5) is 25.4. The first-order valence-electron chi connectivity index (χ1n) is 7.77. The molecule has 0 spiro atoms. The predicted octanol–water partition coefficient (Wildman–Crippen LogP) is 3.20. The summed E-state index contributed by atoms with van der Waals surface area (Å²) in [5, 5.41) is 19.2. The molecule has 0 aliphatic heterocycles. The van der Waals surface area contributed by atoms with Gasteiger partial charge in [-0.3, -0.25) is 9.59 Å². The van der Waals surface area contributed by atoms with Crippen molar-refractivity contribution in [2.24, 2.45) is 5.92 Å². The molecule has 0 fully saturated rings. The number of hydrogen-bond donors (Lipinski definition) is 2. The van der Waals surface area contributed by atoms with Crippen LogP contribution >= 0.6 is 0 Å². The van der Waals surface area contributed by atoms with Crippen molar-refractivity contribution in [2.75, 3.05) is 0 Å². The molecule has 0 heterocycles. The van der Waals surface area contributed by atoms with Gasteiger partial charge < -0.3 is 15.1 Å². The normalized spacial score (nSPS) is 13.1. The summed E-state index contributed by atoms with van der Waals surface area (Å²) in [5.74, 6) is -2.72. The van der Waals surface area contributed by atoms with Crippen LogP contribution in [0.25, 0.3) is 0 Å². The Bertz CT molecular complexity index is 714. The summed E-state index contributed by atoms with van der Waals surface area (Å²) in [6, 6.07) is 15.8. The van der Waals surface area contributed by atoms with Gasteiger partial charge in [0, 0.05) is 12.1 Å². The predicted molar refractivity (Wildman–Crippen MR) is 90.3 cm³/mol. The summed E-state index contributed by atoms with van der Waals surface area (Å²) in [6.07, 6.45) is 0. The maximum absolute atomic E-state index is 12.7. The van der Waals surface area contributed by atoms with Crippen LogP contribution in [-0.4, -0.2) is 27.0 Å². The molecule has 2 unspecified atom stereocenters. The maximum atomic E-state index is 12.7. The number of phenolic OH excluding ortho intramolecular Hbond substituents is 1. The van der Waals surface area contributed by atoms with Crippen molar-refractivity contribution >= 4 is 11.9 Å². The number of hydrogen-bond acceptors (Lipinski definition) is 3. The summed E-state index contributed by atoms with van der Waals surface area (Å²) in [6.45, 7) is 3.36. The lowest BCUT2D eigenvalue weighted by molar-refractivity contribution is -0.151. The lowest BCUT2D eigenvalue weighted by Gasteiger charge is -2.31. The number of rotatable bonds is 6. The molecule has 2 rings (SSSR count). The number of carboxylic acid groups (broad SMARTS) is 1. The number of carbonyl (C=O) groups excluding carboxylic acids is 1. The van der Waals surface area contributed by atoms with Crippen LogP contribution in [0.3, 0.4) is 0 Å². The number of carboxylic acids is 1. The van der Waals surface area contributed by atoms with Gasteiger partial charge in [0.1, 0.15) is 11.7 Å². The largest absolute Gasteiger partial charge is 0.508 e. The molecule has 5 nitrogen and oxygen atoms in total. The average molecular weight is 327 g/mol. The van der Waals surface area contributed by atoms with Crippen molar-refractivity contribution in [3.8, 4) is 5.75 Å². The Hall–Kier alpha value is -2.82. The molecule has 126 valence electrons. The van der Waals surface area contributed by atoms with Crippen molar-refractivity contribution in [3.05, 3.63) is 65.7 Å². The van der Waals surface area contributed by atoms with E-state index in [1.165, 1.54) is 11.8 Å². The summed E-state index contributed by atoms with van der Waals surface area (Å²) >= 11 is 0. The molecule has 0 aliphatic rings. The van der Waals surface area contributed by atoms with E-state index in [1.54, 1.807) is 24.3 Å². The molecule has 2 aromatic rings. The van der Waals surface area contributed by atoms with E-state index in [1.807, 2.05) is 37.3 Å². The highest BCUT2D eigenvalue weighted by atomic mass is 16.4. The number of carbonyl (C=O) groups is 2. The minimum Gasteiger partial charge on any atom is -0.508 e. The Morgan fingerprint density at radius 2 is 1.58 bits per heavy atom. The molecule has 2 atom stereocenters. The van der Waals surface area contributed by atoms with E-state index in [-0.39, 0.29) is 18.3 Å². The Balaban J connectivity index is 2.36. The highest BCUT2D eigenvalue weighted by molar-refractivity contribution is 5.96. The van der Waals surface area contributed by atoms with Crippen LogP contribution in [0.15, 0.2) is 54.6 Å². The fraction of sp³-hybridized carbons (Fsp3) is 0.263. The van der Waals surface area contributed by atoms with E-state index in [0.717, 1.165) is 5.56 Å². The molecular formula is C19H21NO4. The lowest BCUT2D eigenvalue weighted by Crippen LogP contribution is -2.39. The second kappa shape index (κ2) is 7.64. The van der Waals surface area contributed by atoms with Gasteiger partial charge >= 0.3 is 5.97 Å². The highest BCUT2D eigenvalue weighted by Crippen LogP contribution is 2.27. The molecule has 2 N–H and O–H groups in total. The Labute approximate surface area is 141 Å². The van der Waals surface area contributed by atoms with Crippen molar-refractivity contribution in [1.82, 2.24) is 4.90 Å². The van der Waals surface area contributed by atoms with Gasteiger partial charge in [0.15, 0.2) is 0 Å². The Kier molecular flexibility index (Phi) is 5.58. The maximum Gasteiger partial charge on any atom is 0.315 e. The fourth-order valence-electron chi connectivity index (χ4n) is 2.50. The monoisotopic (exact) mass is 327 g/mol. The van der Waals surface area contributed by atoms with Gasteiger partial charge in [-0.25, -0.2) is 0 Å². The van der Waals surface area contributed by atoms with E-state index in [0.29, 0.717) is 5.56 Å². The topological polar surface area (TPSA) is 77.8 Å². The van der Waals surface area contributed by atoms with Crippen LogP contribution in [0.5, 0.6) is 5.75 Å². The molecular weight excluding hydrogens is 306 g/mol. The Morgan fingerprint density at radius 3 is 2.17 bits per heavy atom. The van der Waals surface area contributed by atoms with Gasteiger partial charge in [-0.2, -0.15) is 0 Å². The smallest absolute Gasteiger partial charge is 0.315 e. The van der Waals surface area contributed by atoms with Crippen molar-refractivity contribution in [1.29, 1.82) is 0 Å². The van der Waals surface area contributed by atoms with Gasteiger partial charge in [0.25, 0.3) is 0 Å². The summed E-state index contributed by atoms with van der Waals surface area (Å²) in [7, 11) is 0. The molecule has 5 heteroatoms. The number of amides is 1. The van der Waals surface area contributed by atoms with E-state index in [4.69, 9.17) is 0 Å². The van der Waals surface area contributed by atoms with Crippen LogP contribution in [-0.2, 0) is 16.1 Å². The van der Waals surface area contributed by atoms with Crippen LogP contribution < -0.4 is 0 Å². The molecule has 0 radical (unpaired) electrons. The zero-order valence-electron chi connectivity index (χ0n) is 13.7. The number of phenols is 1. The fourth-order valence-corrected chi connectivity index (χ4v) is 2.50. The number of aliphatic carboxylic acids is 1. The van der Waals surface area contributed by atoms with Gasteiger partial charge in [-0.15, -0.1) is 0 Å². The molecule has 0 saturated heterocycles. The first-order chi connectivity index (χ1) is 11.4. The molecule has 0 aromatic heterocycles. The van der Waals surface area contributed by atoms with E-state index < -0.39 is 17.8 Å². The first kappa shape index (κ1) is 17.5. The standard InChI is InChI=1S/C19H21NO4/c1-13(19(23)24)18(22)20(12-16-10-6-7-11-17(16)21)14(2)15-8-4-3-5-9-15/h3-11,13-14,21H,12H2,1-2H3,(H,23,24). The van der Waals surface area contributed by atoms with Crippen LogP contribution in [0.2, 0.25) is 0 Å². The third-order valence-corrected chi connectivity index (χ3v) is 4.11. The first-order valence-corrected chi connectivity index (χ1v) is 7.77. The Morgan fingerprint density at radius 1 is 1.00 bits per heavy atom. The van der Waals surface area contributed by atoms with E-state index in [9.17, 15) is 19.8 Å². The number of aromatic hydroxyl groups is 1. The number of nitrogens with zero attached hydrogens (tertiary/aromatic N) is 1. The molecule has 1 amide bonds. The minimum absolute atomic E-state index is 0.0820. The lowest BCUT2D eigenvalue weighted by atomic mass is 10.0. The third-order valence-electron chi connectivity index (χ3n) is 4.11. The van der Waals surface area contributed by atoms with Crippen molar-refractivity contribution < 1.29 is 19.8 Å². The zero-order valence-corrected chi connectivity index (χ0v) is 13.7. The number of benzene rings is 2. The second-order valence-corrected chi connectivity index (χ2v) is 5.74. The quantitative estimate of drug-likeness (QED) is 0.799.